The van der Waals surface area contributed by atoms with Crippen LogP contribution >= 0.6 is 0 Å². The Hall–Kier alpha value is -3.28. The van der Waals surface area contributed by atoms with Crippen molar-refractivity contribution in [1.82, 2.24) is 0 Å². The highest BCUT2D eigenvalue weighted by Crippen LogP contribution is 2.34. The Morgan fingerprint density at radius 1 is 1.20 bits per heavy atom. The molecule has 0 saturated carbocycles. The van der Waals surface area contributed by atoms with Crippen molar-refractivity contribution in [1.29, 1.82) is 0 Å². The third-order valence-electron chi connectivity index (χ3n) is 4.36. The van der Waals surface area contributed by atoms with E-state index < -0.39 is 11.6 Å². The first-order valence-corrected chi connectivity index (χ1v) is 7.80. The van der Waals surface area contributed by atoms with E-state index in [1.54, 1.807) is 18.2 Å². The molecular formula is C19H15NO5. The van der Waals surface area contributed by atoms with Gasteiger partial charge in [0.05, 0.1) is 17.7 Å². The number of fused-ring (bicyclic) bond motifs is 3. The highest BCUT2D eigenvalue weighted by Gasteiger charge is 2.22. The molecule has 0 aliphatic carbocycles. The molecule has 0 radical (unpaired) electrons. The number of anilines is 1. The fraction of sp³-hybridized carbons (Fsp3) is 0.158. The molecule has 0 atom stereocenters. The normalized spacial score (nSPS) is 13.4. The fourth-order valence-corrected chi connectivity index (χ4v) is 3.09. The van der Waals surface area contributed by atoms with Gasteiger partial charge in [0.25, 0.3) is 0 Å². The fourth-order valence-electron chi connectivity index (χ4n) is 3.09. The van der Waals surface area contributed by atoms with Crippen LogP contribution in [-0.4, -0.2) is 17.8 Å². The van der Waals surface area contributed by atoms with Gasteiger partial charge in [-0.15, -0.1) is 0 Å². The average molecular weight is 337 g/mol. The summed E-state index contributed by atoms with van der Waals surface area (Å²) in [7, 11) is 0. The Morgan fingerprint density at radius 2 is 2.04 bits per heavy atom. The zero-order valence-electron chi connectivity index (χ0n) is 13.5. The SMILES string of the molecule is Cc1cc(=O)oc2c3c(ccc12)OCN(c1cccc(C(=O)O)c1)C3. The number of benzene rings is 2. The summed E-state index contributed by atoms with van der Waals surface area (Å²) in [5.41, 5.74) is 2.69. The number of ether oxygens (including phenoxy) is 1. The predicted molar refractivity (Wildman–Crippen MR) is 92.3 cm³/mol. The minimum atomic E-state index is -0.979. The van der Waals surface area contributed by atoms with Gasteiger partial charge in [-0.1, -0.05) is 6.07 Å². The Labute approximate surface area is 142 Å². The predicted octanol–water partition coefficient (Wildman–Crippen LogP) is 3.16. The van der Waals surface area contributed by atoms with Crippen LogP contribution in [-0.2, 0) is 6.54 Å². The average Bonchev–Trinajstić information content (AvgIpc) is 2.61. The monoisotopic (exact) mass is 337 g/mol. The molecule has 2 heterocycles. The van der Waals surface area contributed by atoms with Crippen LogP contribution in [0.25, 0.3) is 11.0 Å². The van der Waals surface area contributed by atoms with Crippen molar-refractivity contribution in [2.45, 2.75) is 13.5 Å². The summed E-state index contributed by atoms with van der Waals surface area (Å²) >= 11 is 0. The van der Waals surface area contributed by atoms with E-state index in [9.17, 15) is 9.59 Å². The van der Waals surface area contributed by atoms with Crippen molar-refractivity contribution in [3.05, 3.63) is 69.6 Å². The van der Waals surface area contributed by atoms with Crippen molar-refractivity contribution in [3.8, 4) is 5.75 Å². The maximum Gasteiger partial charge on any atom is 0.336 e. The lowest BCUT2D eigenvalue weighted by Crippen LogP contribution is -2.32. The quantitative estimate of drug-likeness (QED) is 0.724. The van der Waals surface area contributed by atoms with Gasteiger partial charge in [-0.3, -0.25) is 0 Å². The van der Waals surface area contributed by atoms with Crippen LogP contribution < -0.4 is 15.3 Å². The molecule has 1 aliphatic rings. The summed E-state index contributed by atoms with van der Waals surface area (Å²) in [4.78, 5) is 24.9. The summed E-state index contributed by atoms with van der Waals surface area (Å²) < 4.78 is 11.2. The van der Waals surface area contributed by atoms with Gasteiger partial charge >= 0.3 is 11.6 Å². The Morgan fingerprint density at radius 3 is 2.84 bits per heavy atom. The Kier molecular flexibility index (Phi) is 3.46. The number of carbonyl (C=O) groups is 1. The van der Waals surface area contributed by atoms with Crippen LogP contribution in [0.2, 0.25) is 0 Å². The third-order valence-corrected chi connectivity index (χ3v) is 4.36. The molecule has 0 amide bonds. The van der Waals surface area contributed by atoms with Gasteiger partial charge in [0, 0.05) is 17.1 Å². The molecule has 1 aromatic heterocycles. The van der Waals surface area contributed by atoms with Crippen LogP contribution in [0.4, 0.5) is 5.69 Å². The zero-order valence-corrected chi connectivity index (χ0v) is 13.5. The van der Waals surface area contributed by atoms with Crippen molar-refractivity contribution in [3.63, 3.8) is 0 Å². The van der Waals surface area contributed by atoms with Crippen molar-refractivity contribution < 1.29 is 19.1 Å². The van der Waals surface area contributed by atoms with Crippen LogP contribution in [0.3, 0.4) is 0 Å². The minimum Gasteiger partial charge on any atom is -0.478 e. The van der Waals surface area contributed by atoms with E-state index in [4.69, 9.17) is 14.3 Å². The van der Waals surface area contributed by atoms with E-state index >= 15 is 0 Å². The molecular weight excluding hydrogens is 322 g/mol. The summed E-state index contributed by atoms with van der Waals surface area (Å²) in [6, 6.07) is 11.9. The molecule has 3 aromatic rings. The lowest BCUT2D eigenvalue weighted by atomic mass is 10.0. The molecule has 1 N–H and O–H groups in total. The number of carboxylic acids is 1. The van der Waals surface area contributed by atoms with Gasteiger partial charge in [-0.25, -0.2) is 9.59 Å². The van der Waals surface area contributed by atoms with Gasteiger partial charge < -0.3 is 19.2 Å². The summed E-state index contributed by atoms with van der Waals surface area (Å²) in [6.07, 6.45) is 0. The summed E-state index contributed by atoms with van der Waals surface area (Å²) in [6.45, 7) is 2.61. The van der Waals surface area contributed by atoms with Gasteiger partial charge in [0.15, 0.2) is 6.73 Å². The van der Waals surface area contributed by atoms with Gasteiger partial charge in [-0.05, 0) is 42.8 Å². The number of rotatable bonds is 2. The molecule has 6 heteroatoms. The second-order valence-corrected chi connectivity index (χ2v) is 5.99. The summed E-state index contributed by atoms with van der Waals surface area (Å²) in [5.74, 6) is -0.306. The first-order valence-electron chi connectivity index (χ1n) is 7.80. The molecule has 2 aromatic carbocycles. The number of nitrogens with zero attached hydrogens (tertiary/aromatic N) is 1. The van der Waals surface area contributed by atoms with E-state index in [0.717, 1.165) is 22.2 Å². The first kappa shape index (κ1) is 15.3. The Bertz CT molecular complexity index is 1050. The highest BCUT2D eigenvalue weighted by molar-refractivity contribution is 5.89. The van der Waals surface area contributed by atoms with Gasteiger partial charge in [0.2, 0.25) is 0 Å². The number of hydrogen-bond acceptors (Lipinski definition) is 5. The molecule has 1 aliphatic heterocycles. The van der Waals surface area contributed by atoms with E-state index in [1.165, 1.54) is 6.07 Å². The maximum atomic E-state index is 11.8. The van der Waals surface area contributed by atoms with E-state index in [0.29, 0.717) is 17.9 Å². The second-order valence-electron chi connectivity index (χ2n) is 5.99. The smallest absolute Gasteiger partial charge is 0.336 e. The largest absolute Gasteiger partial charge is 0.478 e. The summed E-state index contributed by atoms with van der Waals surface area (Å²) in [5, 5.41) is 10.0. The lowest BCUT2D eigenvalue weighted by Gasteiger charge is -2.31. The number of hydrogen-bond donors (Lipinski definition) is 1. The molecule has 0 fully saturated rings. The standard InChI is InChI=1S/C19H15NO5/c1-11-7-17(21)25-18-14(11)5-6-16-15(18)9-20(10-24-16)13-4-2-3-12(8-13)19(22)23/h2-8H,9-10H2,1H3,(H,22,23). The Balaban J connectivity index is 1.80. The van der Waals surface area contributed by atoms with Crippen molar-refractivity contribution in [2.75, 3.05) is 11.6 Å². The van der Waals surface area contributed by atoms with Crippen LogP contribution in [0.1, 0.15) is 21.5 Å². The maximum absolute atomic E-state index is 11.8. The number of aromatic carboxylic acids is 1. The van der Waals surface area contributed by atoms with Crippen LogP contribution in [0.15, 0.2) is 51.7 Å². The number of carboxylic acid groups (broad SMARTS) is 1. The van der Waals surface area contributed by atoms with Crippen LogP contribution in [0.5, 0.6) is 5.75 Å². The molecule has 25 heavy (non-hydrogen) atoms. The lowest BCUT2D eigenvalue weighted by molar-refractivity contribution is 0.0697. The molecule has 126 valence electrons. The topological polar surface area (TPSA) is 80.0 Å². The van der Waals surface area contributed by atoms with E-state index in [-0.39, 0.29) is 12.3 Å². The van der Waals surface area contributed by atoms with E-state index in [2.05, 4.69) is 0 Å². The van der Waals surface area contributed by atoms with E-state index in [1.807, 2.05) is 30.0 Å². The molecule has 0 unspecified atom stereocenters. The first-order chi connectivity index (χ1) is 12.0. The number of aryl methyl sites for hydroxylation is 1. The molecule has 0 bridgehead atoms. The second kappa shape index (κ2) is 5.66. The van der Waals surface area contributed by atoms with Gasteiger partial charge in [-0.2, -0.15) is 0 Å². The van der Waals surface area contributed by atoms with Crippen molar-refractivity contribution >= 4 is 22.6 Å². The molecule has 6 nitrogen and oxygen atoms in total. The van der Waals surface area contributed by atoms with Crippen LogP contribution in [0, 0.1) is 6.92 Å². The molecule has 0 saturated heterocycles. The minimum absolute atomic E-state index is 0.212. The third kappa shape index (κ3) is 2.61. The molecule has 4 rings (SSSR count). The molecule has 0 spiro atoms. The highest BCUT2D eigenvalue weighted by atomic mass is 16.5. The van der Waals surface area contributed by atoms with Crippen molar-refractivity contribution in [2.24, 2.45) is 0 Å². The van der Waals surface area contributed by atoms with Gasteiger partial charge in [0.1, 0.15) is 11.3 Å². The zero-order chi connectivity index (χ0) is 17.6.